The maximum absolute atomic E-state index is 12.2. The van der Waals surface area contributed by atoms with Gasteiger partial charge in [0.15, 0.2) is 0 Å². The summed E-state index contributed by atoms with van der Waals surface area (Å²) in [5, 5.41) is 4.01. The number of hydrogen-bond acceptors (Lipinski definition) is 2. The minimum Gasteiger partial charge on any atom is -0.317 e. The van der Waals surface area contributed by atoms with E-state index in [1.807, 2.05) is 34.1 Å². The Morgan fingerprint density at radius 2 is 2.00 bits per heavy atom. The predicted octanol–water partition coefficient (Wildman–Crippen LogP) is 1.98. The van der Waals surface area contributed by atoms with E-state index in [1.165, 1.54) is 0 Å². The maximum Gasteiger partial charge on any atom is 0.324 e. The van der Waals surface area contributed by atoms with Gasteiger partial charge in [-0.2, -0.15) is 0 Å². The number of nitrogens with zero attached hydrogens (tertiary/aromatic N) is 2. The number of amides is 2. The van der Waals surface area contributed by atoms with Crippen molar-refractivity contribution in [1.82, 2.24) is 10.2 Å². The first-order chi connectivity index (χ1) is 8.25. The van der Waals surface area contributed by atoms with Crippen LogP contribution in [0.4, 0.5) is 10.5 Å². The topological polar surface area (TPSA) is 35.6 Å². The number of piperazine rings is 1. The molecule has 0 bridgehead atoms. The van der Waals surface area contributed by atoms with Crippen LogP contribution in [0.1, 0.15) is 0 Å². The molecule has 1 unspecified atom stereocenters. The Hall–Kier alpha value is -0.970. The smallest absolute Gasteiger partial charge is 0.317 e. The molecule has 2 amide bonds. The van der Waals surface area contributed by atoms with Gasteiger partial charge in [-0.15, -0.1) is 12.4 Å². The molecule has 1 aromatic rings. The van der Waals surface area contributed by atoms with Gasteiger partial charge < -0.3 is 10.2 Å². The molecule has 3 rings (SSSR count). The van der Waals surface area contributed by atoms with E-state index in [-0.39, 0.29) is 18.4 Å². The predicted molar refractivity (Wildman–Crippen MR) is 74.8 cm³/mol. The molecule has 2 fully saturated rings. The molecule has 0 aliphatic carbocycles. The zero-order valence-electron chi connectivity index (χ0n) is 9.80. The summed E-state index contributed by atoms with van der Waals surface area (Å²) < 4.78 is 0. The highest BCUT2D eigenvalue weighted by Gasteiger charge is 2.38. The fourth-order valence-corrected chi connectivity index (χ4v) is 2.58. The first kappa shape index (κ1) is 13.5. The Balaban J connectivity index is 0.00000120. The lowest BCUT2D eigenvalue weighted by Crippen LogP contribution is -2.49. The van der Waals surface area contributed by atoms with Gasteiger partial charge in [-0.1, -0.05) is 11.6 Å². The Labute approximate surface area is 117 Å². The van der Waals surface area contributed by atoms with Crippen LogP contribution in [0.2, 0.25) is 5.02 Å². The minimum absolute atomic E-state index is 0. The summed E-state index contributed by atoms with van der Waals surface area (Å²) in [6.45, 7) is 3.33. The molecule has 1 atom stereocenters. The van der Waals surface area contributed by atoms with Gasteiger partial charge in [0.25, 0.3) is 0 Å². The van der Waals surface area contributed by atoms with Crippen molar-refractivity contribution in [1.29, 1.82) is 0 Å². The zero-order chi connectivity index (χ0) is 11.8. The molecule has 0 saturated carbocycles. The average Bonchev–Trinajstić information content (AvgIpc) is 2.69. The zero-order valence-corrected chi connectivity index (χ0v) is 11.4. The third-order valence-corrected chi connectivity index (χ3v) is 3.61. The van der Waals surface area contributed by atoms with E-state index in [9.17, 15) is 4.79 Å². The van der Waals surface area contributed by atoms with Crippen LogP contribution in [0.25, 0.3) is 0 Å². The number of carbonyl (C=O) groups is 1. The van der Waals surface area contributed by atoms with Gasteiger partial charge in [0.1, 0.15) is 0 Å². The van der Waals surface area contributed by atoms with Crippen molar-refractivity contribution in [3.05, 3.63) is 29.3 Å². The number of rotatable bonds is 1. The summed E-state index contributed by atoms with van der Waals surface area (Å²) in [6, 6.07) is 7.84. The third kappa shape index (κ3) is 2.28. The van der Waals surface area contributed by atoms with Crippen molar-refractivity contribution in [2.24, 2.45) is 0 Å². The molecular formula is C12H15Cl2N3O. The van der Waals surface area contributed by atoms with Crippen LogP contribution in [0.3, 0.4) is 0 Å². The molecule has 2 aliphatic rings. The Morgan fingerprint density at radius 1 is 1.28 bits per heavy atom. The van der Waals surface area contributed by atoms with E-state index in [1.54, 1.807) is 0 Å². The minimum atomic E-state index is 0. The first-order valence-electron chi connectivity index (χ1n) is 5.80. The highest BCUT2D eigenvalue weighted by atomic mass is 35.5. The lowest BCUT2D eigenvalue weighted by atomic mass is 10.2. The number of hydrogen-bond donors (Lipinski definition) is 1. The molecule has 1 aromatic carbocycles. The summed E-state index contributed by atoms with van der Waals surface area (Å²) >= 11 is 5.85. The molecule has 6 heteroatoms. The van der Waals surface area contributed by atoms with Crippen molar-refractivity contribution in [3.8, 4) is 0 Å². The SMILES string of the molecule is Cl.O=C1N(c2ccc(Cl)cc2)CC2CNCCN12. The second-order valence-corrected chi connectivity index (χ2v) is 4.86. The van der Waals surface area contributed by atoms with Crippen LogP contribution in [-0.4, -0.2) is 43.2 Å². The van der Waals surface area contributed by atoms with Crippen molar-refractivity contribution in [2.75, 3.05) is 31.1 Å². The fraction of sp³-hybridized carbons (Fsp3) is 0.417. The van der Waals surface area contributed by atoms with Gasteiger partial charge in [0, 0.05) is 36.9 Å². The van der Waals surface area contributed by atoms with Crippen LogP contribution in [0, 0.1) is 0 Å². The summed E-state index contributed by atoms with van der Waals surface area (Å²) in [6.07, 6.45) is 0. The molecule has 98 valence electrons. The molecule has 1 N–H and O–H groups in total. The molecule has 4 nitrogen and oxygen atoms in total. The highest BCUT2D eigenvalue weighted by molar-refractivity contribution is 6.30. The summed E-state index contributed by atoms with van der Waals surface area (Å²) in [5.74, 6) is 0. The maximum atomic E-state index is 12.2. The van der Waals surface area contributed by atoms with Crippen LogP contribution >= 0.6 is 24.0 Å². The molecule has 0 aromatic heterocycles. The molecule has 2 heterocycles. The number of carbonyl (C=O) groups excluding carboxylic acids is 1. The van der Waals surface area contributed by atoms with Crippen LogP contribution in [-0.2, 0) is 0 Å². The van der Waals surface area contributed by atoms with Gasteiger partial charge >= 0.3 is 6.03 Å². The second kappa shape index (κ2) is 5.34. The second-order valence-electron chi connectivity index (χ2n) is 4.42. The average molecular weight is 288 g/mol. The van der Waals surface area contributed by atoms with E-state index >= 15 is 0 Å². The summed E-state index contributed by atoms with van der Waals surface area (Å²) in [7, 11) is 0. The quantitative estimate of drug-likeness (QED) is 0.857. The standard InChI is InChI=1S/C12H14ClN3O.ClH/c13-9-1-3-10(4-2-9)16-8-11-7-14-5-6-15(11)12(16)17;/h1-4,11,14H,5-8H2;1H. The van der Waals surface area contributed by atoms with Crippen molar-refractivity contribution >= 4 is 35.7 Å². The largest absolute Gasteiger partial charge is 0.324 e. The number of anilines is 1. The van der Waals surface area contributed by atoms with E-state index in [4.69, 9.17) is 11.6 Å². The number of nitrogens with one attached hydrogen (secondary N) is 1. The van der Waals surface area contributed by atoms with E-state index < -0.39 is 0 Å². The highest BCUT2D eigenvalue weighted by Crippen LogP contribution is 2.25. The first-order valence-corrected chi connectivity index (χ1v) is 6.18. The molecule has 0 spiro atoms. The molecular weight excluding hydrogens is 273 g/mol. The monoisotopic (exact) mass is 287 g/mol. The molecule has 18 heavy (non-hydrogen) atoms. The lowest BCUT2D eigenvalue weighted by molar-refractivity contribution is 0.193. The van der Waals surface area contributed by atoms with Gasteiger partial charge in [0.2, 0.25) is 0 Å². The van der Waals surface area contributed by atoms with E-state index in [0.29, 0.717) is 11.1 Å². The van der Waals surface area contributed by atoms with E-state index in [0.717, 1.165) is 31.9 Å². The molecule has 2 aliphatic heterocycles. The van der Waals surface area contributed by atoms with Crippen molar-refractivity contribution < 1.29 is 4.79 Å². The Bertz CT molecular complexity index is 437. The Kier molecular flexibility index (Phi) is 4.00. The Morgan fingerprint density at radius 3 is 2.67 bits per heavy atom. The van der Waals surface area contributed by atoms with Gasteiger partial charge in [0.05, 0.1) is 6.04 Å². The number of fused-ring (bicyclic) bond motifs is 1. The molecule has 0 radical (unpaired) electrons. The summed E-state index contributed by atoms with van der Waals surface area (Å²) in [5.41, 5.74) is 0.925. The van der Waals surface area contributed by atoms with Crippen LogP contribution < -0.4 is 10.2 Å². The van der Waals surface area contributed by atoms with Gasteiger partial charge in [-0.3, -0.25) is 4.90 Å². The van der Waals surface area contributed by atoms with Gasteiger partial charge in [-0.05, 0) is 24.3 Å². The van der Waals surface area contributed by atoms with Crippen molar-refractivity contribution in [2.45, 2.75) is 6.04 Å². The van der Waals surface area contributed by atoms with Crippen molar-refractivity contribution in [3.63, 3.8) is 0 Å². The van der Waals surface area contributed by atoms with Crippen LogP contribution in [0.5, 0.6) is 0 Å². The molecule has 2 saturated heterocycles. The normalized spacial score (nSPS) is 22.7. The number of halogens is 2. The lowest BCUT2D eigenvalue weighted by Gasteiger charge is -2.28. The van der Waals surface area contributed by atoms with E-state index in [2.05, 4.69) is 5.32 Å². The third-order valence-electron chi connectivity index (χ3n) is 3.36. The number of urea groups is 1. The fourth-order valence-electron chi connectivity index (χ4n) is 2.46. The summed E-state index contributed by atoms with van der Waals surface area (Å²) in [4.78, 5) is 16.0. The van der Waals surface area contributed by atoms with Gasteiger partial charge in [-0.25, -0.2) is 4.79 Å². The van der Waals surface area contributed by atoms with Crippen LogP contribution in [0.15, 0.2) is 24.3 Å². The number of benzene rings is 1.